The van der Waals surface area contributed by atoms with Crippen LogP contribution in [0.25, 0.3) is 0 Å². The molecule has 0 aliphatic heterocycles. The van der Waals surface area contributed by atoms with Crippen LogP contribution in [-0.4, -0.2) is 14.9 Å². The maximum absolute atomic E-state index is 6.03. The lowest BCUT2D eigenvalue weighted by atomic mass is 10.2. The molecule has 14 heavy (non-hydrogen) atoms. The Balaban J connectivity index is 3.83. The van der Waals surface area contributed by atoms with Crippen LogP contribution >= 0.6 is 0 Å². The van der Waals surface area contributed by atoms with Crippen LogP contribution in [0.1, 0.15) is 40.5 Å². The zero-order chi connectivity index (χ0) is 11.2. The van der Waals surface area contributed by atoms with Crippen LogP contribution in [0.2, 0.25) is 18.1 Å². The molecule has 0 spiro atoms. The molecule has 0 aromatic rings. The quantitative estimate of drug-likeness (QED) is 0.375. The summed E-state index contributed by atoms with van der Waals surface area (Å²) < 4.78 is 6.03. The third-order valence-electron chi connectivity index (χ3n) is 2.96. The molecule has 0 heterocycles. The van der Waals surface area contributed by atoms with Crippen molar-refractivity contribution in [2.45, 2.75) is 58.7 Å². The second-order valence-electron chi connectivity index (χ2n) is 5.28. The smallest absolute Gasteiger partial charge is 0.191 e. The molecule has 0 aromatic carbocycles. The molecule has 0 unspecified atom stereocenters. The first-order chi connectivity index (χ1) is 6.31. The van der Waals surface area contributed by atoms with Crippen LogP contribution < -0.4 is 0 Å². The highest BCUT2D eigenvalue weighted by Gasteiger charge is 2.36. The summed E-state index contributed by atoms with van der Waals surface area (Å²) in [5.41, 5.74) is 0. The van der Waals surface area contributed by atoms with Crippen molar-refractivity contribution in [3.8, 4) is 0 Å². The van der Waals surface area contributed by atoms with Crippen molar-refractivity contribution in [2.24, 2.45) is 0 Å². The van der Waals surface area contributed by atoms with E-state index in [1.54, 1.807) is 0 Å². The average molecular weight is 214 g/mol. The first kappa shape index (κ1) is 13.9. The van der Waals surface area contributed by atoms with Crippen LogP contribution in [-0.2, 0) is 4.43 Å². The van der Waals surface area contributed by atoms with E-state index in [-0.39, 0.29) is 0 Å². The number of hydrogen-bond acceptors (Lipinski definition) is 1. The van der Waals surface area contributed by atoms with Gasteiger partial charge in [-0.3, -0.25) is 0 Å². The fourth-order valence-electron chi connectivity index (χ4n) is 0.883. The first-order valence-electron chi connectivity index (χ1n) is 5.60. The molecular formula is C12H26OSi. The van der Waals surface area contributed by atoms with Gasteiger partial charge >= 0.3 is 0 Å². The fraction of sp³-hybridized carbons (Fsp3) is 0.833. The van der Waals surface area contributed by atoms with E-state index in [0.717, 1.165) is 19.4 Å². The van der Waals surface area contributed by atoms with Gasteiger partial charge in [0.2, 0.25) is 0 Å². The van der Waals surface area contributed by atoms with Crippen LogP contribution in [0.3, 0.4) is 0 Å². The molecule has 0 bridgehead atoms. The molecule has 0 saturated carbocycles. The Bertz CT molecular complexity index is 177. The van der Waals surface area contributed by atoms with E-state index >= 15 is 0 Å². The second-order valence-corrected chi connectivity index (χ2v) is 10.1. The third kappa shape index (κ3) is 4.96. The molecule has 0 aliphatic rings. The summed E-state index contributed by atoms with van der Waals surface area (Å²) >= 11 is 0. The van der Waals surface area contributed by atoms with Crippen LogP contribution in [0.4, 0.5) is 0 Å². The molecule has 0 radical (unpaired) electrons. The molecule has 0 aliphatic carbocycles. The zero-order valence-electron chi connectivity index (χ0n) is 10.7. The van der Waals surface area contributed by atoms with Gasteiger partial charge < -0.3 is 4.43 Å². The molecule has 0 saturated heterocycles. The van der Waals surface area contributed by atoms with Gasteiger partial charge in [-0.1, -0.05) is 39.8 Å². The Hall–Kier alpha value is -0.0831. The van der Waals surface area contributed by atoms with E-state index in [9.17, 15) is 0 Å². The average Bonchev–Trinajstić information content (AvgIpc) is 2.02. The van der Waals surface area contributed by atoms with Crippen molar-refractivity contribution < 1.29 is 4.43 Å². The fourth-order valence-corrected chi connectivity index (χ4v) is 1.94. The van der Waals surface area contributed by atoms with Gasteiger partial charge in [-0.25, -0.2) is 0 Å². The molecule has 84 valence electrons. The molecule has 0 amide bonds. The van der Waals surface area contributed by atoms with E-state index < -0.39 is 8.32 Å². The van der Waals surface area contributed by atoms with Crippen molar-refractivity contribution in [3.05, 3.63) is 12.2 Å². The summed E-state index contributed by atoms with van der Waals surface area (Å²) in [7, 11) is -1.50. The Morgan fingerprint density at radius 3 is 2.14 bits per heavy atom. The van der Waals surface area contributed by atoms with E-state index in [1.807, 2.05) is 0 Å². The molecule has 0 atom stereocenters. The van der Waals surface area contributed by atoms with E-state index in [0.29, 0.717) is 5.04 Å². The van der Waals surface area contributed by atoms with E-state index in [1.165, 1.54) is 0 Å². The minimum atomic E-state index is -1.50. The Morgan fingerprint density at radius 1 is 1.14 bits per heavy atom. The standard InChI is InChI=1S/C12H26OSi/c1-7-8-9-10-11-13-14(5,6)12(2,3)4/h8-9H,7,10-11H2,1-6H3/b9-8-. The third-order valence-corrected chi connectivity index (χ3v) is 7.49. The second kappa shape index (κ2) is 5.71. The van der Waals surface area contributed by atoms with Crippen LogP contribution in [0.15, 0.2) is 12.2 Å². The van der Waals surface area contributed by atoms with Crippen LogP contribution in [0, 0.1) is 0 Å². The number of rotatable bonds is 5. The lowest BCUT2D eigenvalue weighted by Gasteiger charge is -2.36. The van der Waals surface area contributed by atoms with Gasteiger partial charge in [0.1, 0.15) is 0 Å². The summed E-state index contributed by atoms with van der Waals surface area (Å²) in [5, 5.41) is 0.335. The van der Waals surface area contributed by atoms with Crippen molar-refractivity contribution in [2.75, 3.05) is 6.61 Å². The topological polar surface area (TPSA) is 9.23 Å². The maximum Gasteiger partial charge on any atom is 0.191 e. The molecule has 0 rings (SSSR count). The zero-order valence-corrected chi connectivity index (χ0v) is 11.7. The van der Waals surface area contributed by atoms with Gasteiger partial charge in [-0.05, 0) is 31.0 Å². The first-order valence-corrected chi connectivity index (χ1v) is 8.51. The highest BCUT2D eigenvalue weighted by molar-refractivity contribution is 6.74. The molecule has 1 nitrogen and oxygen atoms in total. The van der Waals surface area contributed by atoms with Crippen molar-refractivity contribution in [3.63, 3.8) is 0 Å². The predicted molar refractivity (Wildman–Crippen MR) is 67.2 cm³/mol. The minimum Gasteiger partial charge on any atom is -0.417 e. The SMILES string of the molecule is CC/C=C\CCO[Si](C)(C)C(C)(C)C. The Labute approximate surface area is 90.7 Å². The Morgan fingerprint density at radius 2 is 1.71 bits per heavy atom. The molecule has 0 fully saturated rings. The number of hydrogen-bond donors (Lipinski definition) is 0. The number of allylic oxidation sites excluding steroid dienone is 1. The molecule has 0 aromatic heterocycles. The molecule has 0 N–H and O–H groups in total. The van der Waals surface area contributed by atoms with E-state index in [4.69, 9.17) is 4.43 Å². The predicted octanol–water partition coefficient (Wildman–Crippen LogP) is 4.36. The summed E-state index contributed by atoms with van der Waals surface area (Å²) in [6.07, 6.45) is 6.60. The van der Waals surface area contributed by atoms with Gasteiger partial charge in [-0.15, -0.1) is 0 Å². The summed E-state index contributed by atoms with van der Waals surface area (Å²) in [5.74, 6) is 0. The van der Waals surface area contributed by atoms with Gasteiger partial charge in [0.25, 0.3) is 0 Å². The summed E-state index contributed by atoms with van der Waals surface area (Å²) in [6, 6.07) is 0. The summed E-state index contributed by atoms with van der Waals surface area (Å²) in [6.45, 7) is 14.5. The normalized spacial score (nSPS) is 13.9. The highest BCUT2D eigenvalue weighted by atomic mass is 28.4. The van der Waals surface area contributed by atoms with Gasteiger partial charge in [0, 0.05) is 6.61 Å². The largest absolute Gasteiger partial charge is 0.417 e. The van der Waals surface area contributed by atoms with Crippen LogP contribution in [0.5, 0.6) is 0 Å². The molecular weight excluding hydrogens is 188 g/mol. The highest BCUT2D eigenvalue weighted by Crippen LogP contribution is 2.36. The van der Waals surface area contributed by atoms with Gasteiger partial charge in [-0.2, -0.15) is 0 Å². The van der Waals surface area contributed by atoms with Crippen molar-refractivity contribution in [1.82, 2.24) is 0 Å². The monoisotopic (exact) mass is 214 g/mol. The minimum absolute atomic E-state index is 0.335. The Kier molecular flexibility index (Phi) is 5.68. The summed E-state index contributed by atoms with van der Waals surface area (Å²) in [4.78, 5) is 0. The molecule has 2 heteroatoms. The van der Waals surface area contributed by atoms with Crippen molar-refractivity contribution in [1.29, 1.82) is 0 Å². The lowest BCUT2D eigenvalue weighted by Crippen LogP contribution is -2.40. The lowest BCUT2D eigenvalue weighted by molar-refractivity contribution is 0.294. The van der Waals surface area contributed by atoms with E-state index in [2.05, 4.69) is 52.9 Å². The van der Waals surface area contributed by atoms with Gasteiger partial charge in [0.15, 0.2) is 8.32 Å². The van der Waals surface area contributed by atoms with Gasteiger partial charge in [0.05, 0.1) is 0 Å². The van der Waals surface area contributed by atoms with Crippen molar-refractivity contribution >= 4 is 8.32 Å². The maximum atomic E-state index is 6.03.